The van der Waals surface area contributed by atoms with E-state index in [1.807, 2.05) is 0 Å². The van der Waals surface area contributed by atoms with Crippen LogP contribution in [0.3, 0.4) is 0 Å². The van der Waals surface area contributed by atoms with E-state index in [2.05, 4.69) is 0 Å². The van der Waals surface area contributed by atoms with Gasteiger partial charge in [0.2, 0.25) is 0 Å². The van der Waals surface area contributed by atoms with Gasteiger partial charge in [-0.3, -0.25) is 4.79 Å². The fourth-order valence-corrected chi connectivity index (χ4v) is 0.818. The molecule has 1 nitrogen and oxygen atoms in total. The van der Waals surface area contributed by atoms with Crippen LogP contribution in [0, 0.1) is 0 Å². The molecule has 0 aromatic heterocycles. The molecule has 0 fully saturated rings. The summed E-state index contributed by atoms with van der Waals surface area (Å²) in [5.41, 5.74) is 0. The summed E-state index contributed by atoms with van der Waals surface area (Å²) in [5.74, 6) is -3.22. The van der Waals surface area contributed by atoms with E-state index in [0.29, 0.717) is 6.42 Å². The first kappa shape index (κ1) is 9.53. The fraction of sp³-hybridized carbons (Fsp3) is 0.857. The lowest BCUT2D eigenvalue weighted by Gasteiger charge is -2.12. The highest BCUT2D eigenvalue weighted by atomic mass is 19.3. The predicted octanol–water partition coefficient (Wildman–Crippen LogP) is 2.40. The van der Waals surface area contributed by atoms with Gasteiger partial charge in [-0.2, -0.15) is 0 Å². The minimum absolute atomic E-state index is 0.188. The Hall–Kier alpha value is -0.470. The average Bonchev–Trinajstić information content (AvgIpc) is 1.59. The van der Waals surface area contributed by atoms with Gasteiger partial charge in [0.1, 0.15) is 5.78 Å². The van der Waals surface area contributed by atoms with Crippen molar-refractivity contribution in [2.24, 2.45) is 0 Å². The number of rotatable bonds is 4. The molecule has 0 aliphatic heterocycles. The fourth-order valence-electron chi connectivity index (χ4n) is 0.818. The van der Waals surface area contributed by atoms with Crippen molar-refractivity contribution in [1.82, 2.24) is 0 Å². The van der Waals surface area contributed by atoms with Crippen LogP contribution in [0.4, 0.5) is 8.78 Å². The number of ketones is 1. The summed E-state index contributed by atoms with van der Waals surface area (Å²) in [5, 5.41) is 0. The number of hydrogen-bond acceptors (Lipinski definition) is 1. The van der Waals surface area contributed by atoms with Crippen molar-refractivity contribution < 1.29 is 13.6 Å². The molecule has 0 aliphatic carbocycles. The van der Waals surface area contributed by atoms with Crippen LogP contribution in [0.15, 0.2) is 0 Å². The number of Topliss-reactive ketones (excluding diaryl/α,β-unsaturated/α-hetero) is 1. The van der Waals surface area contributed by atoms with Crippen molar-refractivity contribution in [3.8, 4) is 0 Å². The van der Waals surface area contributed by atoms with Crippen LogP contribution in [-0.2, 0) is 4.79 Å². The second kappa shape index (κ2) is 3.64. The monoisotopic (exact) mass is 150 g/mol. The number of carbonyl (C=O) groups excluding carboxylic acids is 1. The molecule has 10 heavy (non-hydrogen) atoms. The van der Waals surface area contributed by atoms with Gasteiger partial charge in [0.15, 0.2) is 0 Å². The normalized spacial score (nSPS) is 11.6. The van der Waals surface area contributed by atoms with E-state index < -0.39 is 18.1 Å². The van der Waals surface area contributed by atoms with Crippen LogP contribution in [0.1, 0.15) is 33.1 Å². The van der Waals surface area contributed by atoms with E-state index in [1.165, 1.54) is 6.92 Å². The van der Waals surface area contributed by atoms with Crippen LogP contribution in [0.2, 0.25) is 0 Å². The van der Waals surface area contributed by atoms with Crippen LogP contribution in [0.5, 0.6) is 0 Å². The average molecular weight is 150 g/mol. The van der Waals surface area contributed by atoms with E-state index in [9.17, 15) is 13.6 Å². The van der Waals surface area contributed by atoms with Gasteiger partial charge in [0.05, 0.1) is 6.42 Å². The molecule has 0 heterocycles. The largest absolute Gasteiger partial charge is 0.300 e. The van der Waals surface area contributed by atoms with Gasteiger partial charge in [-0.05, 0) is 6.92 Å². The second-order valence-corrected chi connectivity index (χ2v) is 2.48. The first-order valence-electron chi connectivity index (χ1n) is 3.35. The summed E-state index contributed by atoms with van der Waals surface area (Å²) in [6.07, 6.45) is -0.381. The molecule has 0 saturated heterocycles. The first-order chi connectivity index (χ1) is 4.48. The third kappa shape index (κ3) is 4.41. The van der Waals surface area contributed by atoms with Crippen molar-refractivity contribution >= 4 is 5.78 Å². The van der Waals surface area contributed by atoms with Crippen LogP contribution in [-0.4, -0.2) is 11.7 Å². The maximum atomic E-state index is 12.5. The van der Waals surface area contributed by atoms with Crippen molar-refractivity contribution in [2.45, 2.75) is 39.0 Å². The third-order valence-corrected chi connectivity index (χ3v) is 1.12. The van der Waals surface area contributed by atoms with E-state index >= 15 is 0 Å². The molecule has 0 saturated carbocycles. The molecule has 0 amide bonds. The van der Waals surface area contributed by atoms with E-state index in [0.717, 1.165) is 0 Å². The third-order valence-electron chi connectivity index (χ3n) is 1.12. The summed E-state index contributed by atoms with van der Waals surface area (Å²) < 4.78 is 24.9. The van der Waals surface area contributed by atoms with Crippen molar-refractivity contribution in [2.75, 3.05) is 0 Å². The van der Waals surface area contributed by atoms with Crippen LogP contribution < -0.4 is 0 Å². The second-order valence-electron chi connectivity index (χ2n) is 2.48. The van der Waals surface area contributed by atoms with Crippen molar-refractivity contribution in [1.29, 1.82) is 0 Å². The number of carbonyl (C=O) groups is 1. The van der Waals surface area contributed by atoms with E-state index in [4.69, 9.17) is 0 Å². The lowest BCUT2D eigenvalue weighted by atomic mass is 10.1. The van der Waals surface area contributed by atoms with E-state index in [-0.39, 0.29) is 6.42 Å². The Morgan fingerprint density at radius 3 is 2.30 bits per heavy atom. The molecule has 0 spiro atoms. The molecule has 3 heteroatoms. The molecular weight excluding hydrogens is 138 g/mol. The Bertz CT molecular complexity index is 121. The van der Waals surface area contributed by atoms with Gasteiger partial charge in [-0.1, -0.05) is 13.3 Å². The molecule has 0 radical (unpaired) electrons. The number of hydrogen-bond donors (Lipinski definition) is 0. The highest BCUT2D eigenvalue weighted by molar-refractivity contribution is 5.76. The molecule has 0 rings (SSSR count). The molecule has 0 atom stereocenters. The SMILES string of the molecule is CCCC(F)(F)CC(C)=O. The quantitative estimate of drug-likeness (QED) is 0.601. The van der Waals surface area contributed by atoms with E-state index in [1.54, 1.807) is 6.92 Å². The molecular formula is C7H12F2O. The smallest absolute Gasteiger partial charge is 0.254 e. The Kier molecular flexibility index (Phi) is 3.47. The standard InChI is InChI=1S/C7H12F2O/c1-3-4-7(8,9)5-6(2)10/h3-5H2,1-2H3. The maximum absolute atomic E-state index is 12.5. The molecule has 0 aromatic rings. The topological polar surface area (TPSA) is 17.1 Å². The molecule has 0 bridgehead atoms. The molecule has 0 unspecified atom stereocenters. The molecule has 0 aromatic carbocycles. The summed E-state index contributed by atoms with van der Waals surface area (Å²) in [6, 6.07) is 0. The highest BCUT2D eigenvalue weighted by Crippen LogP contribution is 2.24. The minimum Gasteiger partial charge on any atom is -0.300 e. The number of alkyl halides is 2. The lowest BCUT2D eigenvalue weighted by Crippen LogP contribution is -2.18. The zero-order valence-electron chi connectivity index (χ0n) is 6.29. The summed E-state index contributed by atoms with van der Waals surface area (Å²) in [4.78, 5) is 10.3. The van der Waals surface area contributed by atoms with Crippen molar-refractivity contribution in [3.05, 3.63) is 0 Å². The summed E-state index contributed by atoms with van der Waals surface area (Å²) in [6.45, 7) is 2.86. The highest BCUT2D eigenvalue weighted by Gasteiger charge is 2.28. The van der Waals surface area contributed by atoms with Gasteiger partial charge in [0.25, 0.3) is 5.92 Å². The Morgan fingerprint density at radius 2 is 2.00 bits per heavy atom. The van der Waals surface area contributed by atoms with Gasteiger partial charge >= 0.3 is 0 Å². The Morgan fingerprint density at radius 1 is 1.50 bits per heavy atom. The number of halogens is 2. The Labute approximate surface area is 59.4 Å². The zero-order chi connectivity index (χ0) is 8.20. The van der Waals surface area contributed by atoms with Gasteiger partial charge in [-0.15, -0.1) is 0 Å². The zero-order valence-corrected chi connectivity index (χ0v) is 6.29. The maximum Gasteiger partial charge on any atom is 0.254 e. The first-order valence-corrected chi connectivity index (χ1v) is 3.35. The lowest BCUT2D eigenvalue weighted by molar-refractivity contribution is -0.124. The predicted molar refractivity (Wildman–Crippen MR) is 35.2 cm³/mol. The summed E-state index contributed by atoms with van der Waals surface area (Å²) >= 11 is 0. The molecule has 0 N–H and O–H groups in total. The van der Waals surface area contributed by atoms with Gasteiger partial charge in [0, 0.05) is 6.42 Å². The van der Waals surface area contributed by atoms with Gasteiger partial charge < -0.3 is 0 Å². The van der Waals surface area contributed by atoms with Crippen molar-refractivity contribution in [3.63, 3.8) is 0 Å². The van der Waals surface area contributed by atoms with Gasteiger partial charge in [-0.25, -0.2) is 8.78 Å². The Balaban J connectivity index is 3.74. The molecule has 60 valence electrons. The summed E-state index contributed by atoms with van der Waals surface area (Å²) in [7, 11) is 0. The van der Waals surface area contributed by atoms with Crippen LogP contribution >= 0.6 is 0 Å². The minimum atomic E-state index is -2.78. The van der Waals surface area contributed by atoms with Crippen LogP contribution in [0.25, 0.3) is 0 Å². The molecule has 0 aliphatic rings.